The lowest BCUT2D eigenvalue weighted by Crippen LogP contribution is -2.00. The molecular weight excluding hydrogens is 304 g/mol. The van der Waals surface area contributed by atoms with E-state index >= 15 is 0 Å². The molecule has 1 aliphatic carbocycles. The van der Waals surface area contributed by atoms with Crippen molar-refractivity contribution >= 4 is 17.4 Å². The van der Waals surface area contributed by atoms with Crippen molar-refractivity contribution in [1.82, 2.24) is 0 Å². The zero-order chi connectivity index (χ0) is 17.6. The second kappa shape index (κ2) is 7.76. The summed E-state index contributed by atoms with van der Waals surface area (Å²) in [7, 11) is 0. The highest BCUT2D eigenvalue weighted by molar-refractivity contribution is 5.93. The molecule has 0 aliphatic heterocycles. The molecule has 1 nitrogen and oxygen atoms in total. The minimum Gasteiger partial charge on any atom is -0.300 e. The summed E-state index contributed by atoms with van der Waals surface area (Å²) in [5.74, 6) is 0.504. The smallest absolute Gasteiger partial charge is 0.126 e. The van der Waals surface area contributed by atoms with Crippen molar-refractivity contribution < 1.29 is 4.79 Å². The van der Waals surface area contributed by atoms with Crippen LogP contribution in [0.25, 0.3) is 11.6 Å². The molecule has 4 rings (SSSR count). The summed E-state index contributed by atoms with van der Waals surface area (Å²) < 4.78 is 0. The second-order valence-corrected chi connectivity index (χ2v) is 6.35. The molecule has 25 heavy (non-hydrogen) atoms. The Labute approximate surface area is 149 Å². The Morgan fingerprint density at radius 3 is 1.88 bits per heavy atom. The van der Waals surface area contributed by atoms with Crippen molar-refractivity contribution in [3.05, 3.63) is 107 Å². The van der Waals surface area contributed by atoms with Gasteiger partial charge in [0.1, 0.15) is 5.78 Å². The van der Waals surface area contributed by atoms with Crippen LogP contribution in [0.2, 0.25) is 0 Å². The Balaban J connectivity index is 0.000000415. The fraction of sp³-hybridized carbons (Fsp3) is 0.125. The summed E-state index contributed by atoms with van der Waals surface area (Å²) in [6.07, 6.45) is 2.34. The highest BCUT2D eigenvalue weighted by Crippen LogP contribution is 2.45. The van der Waals surface area contributed by atoms with Gasteiger partial charge in [-0.05, 0) is 47.8 Å². The minimum atomic E-state index is 0.167. The maximum atomic E-state index is 9.44. The number of carbonyl (C=O) groups excluding carboxylic acids is 1. The zero-order valence-electron chi connectivity index (χ0n) is 14.6. The minimum absolute atomic E-state index is 0.167. The predicted octanol–water partition coefficient (Wildman–Crippen LogP) is 5.97. The molecule has 0 saturated heterocycles. The van der Waals surface area contributed by atoms with Crippen LogP contribution in [0.5, 0.6) is 0 Å². The Bertz CT molecular complexity index is 872. The number of ketones is 1. The van der Waals surface area contributed by atoms with E-state index in [1.165, 1.54) is 41.7 Å². The van der Waals surface area contributed by atoms with Crippen LogP contribution in [0.1, 0.15) is 42.0 Å². The molecular formula is C24H22O. The summed E-state index contributed by atoms with van der Waals surface area (Å²) in [5.41, 5.74) is 6.80. The van der Waals surface area contributed by atoms with Gasteiger partial charge in [0.05, 0.1) is 0 Å². The van der Waals surface area contributed by atoms with Gasteiger partial charge in [-0.15, -0.1) is 0 Å². The molecule has 1 unspecified atom stereocenters. The number of carbonyl (C=O) groups is 1. The van der Waals surface area contributed by atoms with Crippen molar-refractivity contribution in [2.45, 2.75) is 19.8 Å². The average molecular weight is 326 g/mol. The van der Waals surface area contributed by atoms with Crippen molar-refractivity contribution in [1.29, 1.82) is 0 Å². The third-order valence-corrected chi connectivity index (χ3v) is 4.17. The van der Waals surface area contributed by atoms with E-state index in [0.29, 0.717) is 5.92 Å². The van der Waals surface area contributed by atoms with Crippen LogP contribution in [0.4, 0.5) is 0 Å². The van der Waals surface area contributed by atoms with Gasteiger partial charge in [0.15, 0.2) is 0 Å². The van der Waals surface area contributed by atoms with Crippen molar-refractivity contribution in [3.8, 4) is 0 Å². The fourth-order valence-electron chi connectivity index (χ4n) is 3.21. The van der Waals surface area contributed by atoms with Crippen molar-refractivity contribution in [3.63, 3.8) is 0 Å². The van der Waals surface area contributed by atoms with E-state index in [-0.39, 0.29) is 5.78 Å². The Morgan fingerprint density at radius 2 is 1.24 bits per heavy atom. The van der Waals surface area contributed by atoms with E-state index < -0.39 is 0 Å². The van der Waals surface area contributed by atoms with Crippen LogP contribution in [-0.4, -0.2) is 5.78 Å². The van der Waals surface area contributed by atoms with Gasteiger partial charge in [-0.2, -0.15) is 0 Å². The van der Waals surface area contributed by atoms with E-state index in [1.54, 1.807) is 0 Å². The Hall–Kier alpha value is -2.93. The number of hydrogen-bond donors (Lipinski definition) is 0. The van der Waals surface area contributed by atoms with Gasteiger partial charge in [-0.1, -0.05) is 84.9 Å². The second-order valence-electron chi connectivity index (χ2n) is 6.35. The molecule has 1 aliphatic rings. The lowest BCUT2D eigenvalue weighted by Gasteiger charge is -2.18. The molecule has 0 bridgehead atoms. The molecule has 0 radical (unpaired) electrons. The molecule has 0 amide bonds. The van der Waals surface area contributed by atoms with E-state index in [1.807, 2.05) is 0 Å². The first kappa shape index (κ1) is 16.9. The Kier molecular flexibility index (Phi) is 5.25. The third-order valence-electron chi connectivity index (χ3n) is 4.17. The van der Waals surface area contributed by atoms with E-state index in [9.17, 15) is 4.79 Å². The van der Waals surface area contributed by atoms with E-state index in [0.717, 1.165) is 0 Å². The first-order valence-electron chi connectivity index (χ1n) is 8.55. The monoisotopic (exact) mass is 326 g/mol. The van der Waals surface area contributed by atoms with Gasteiger partial charge >= 0.3 is 0 Å². The summed E-state index contributed by atoms with van der Waals surface area (Å²) in [4.78, 5) is 9.44. The highest BCUT2D eigenvalue weighted by Gasteiger charge is 2.26. The number of rotatable bonds is 2. The molecule has 0 N–H and O–H groups in total. The largest absolute Gasteiger partial charge is 0.300 e. The summed E-state index contributed by atoms with van der Waals surface area (Å²) in [6.45, 7) is 3.06. The van der Waals surface area contributed by atoms with E-state index in [4.69, 9.17) is 0 Å². The molecule has 0 aromatic heterocycles. The van der Waals surface area contributed by atoms with Gasteiger partial charge < -0.3 is 4.79 Å². The van der Waals surface area contributed by atoms with Gasteiger partial charge in [-0.3, -0.25) is 0 Å². The molecule has 3 aromatic rings. The fourth-order valence-corrected chi connectivity index (χ4v) is 3.21. The van der Waals surface area contributed by atoms with Gasteiger partial charge in [-0.25, -0.2) is 0 Å². The summed E-state index contributed by atoms with van der Waals surface area (Å²) in [5, 5.41) is 0. The van der Waals surface area contributed by atoms with Gasteiger partial charge in [0.25, 0.3) is 0 Å². The number of allylic oxidation sites excluding steroid dienone is 1. The number of hydrogen-bond acceptors (Lipinski definition) is 1. The first-order chi connectivity index (χ1) is 12.2. The number of fused-ring (bicyclic) bond motifs is 1. The van der Waals surface area contributed by atoms with Crippen molar-refractivity contribution in [2.24, 2.45) is 0 Å². The molecule has 0 heterocycles. The summed E-state index contributed by atoms with van der Waals surface area (Å²) in [6, 6.07) is 30.2. The topological polar surface area (TPSA) is 17.1 Å². The van der Waals surface area contributed by atoms with Crippen LogP contribution < -0.4 is 0 Å². The standard InChI is InChI=1S/C21H16.C3H6O/c1-3-9-16(10-4-1)20-15-18-13-7-8-14-19(18)21(20)17-11-5-2-6-12-17;1-3(2)4/h1-15,21H;1-2H3. The van der Waals surface area contributed by atoms with Crippen LogP contribution in [0, 0.1) is 0 Å². The first-order valence-corrected chi connectivity index (χ1v) is 8.55. The van der Waals surface area contributed by atoms with Gasteiger partial charge in [0.2, 0.25) is 0 Å². The maximum Gasteiger partial charge on any atom is 0.126 e. The SMILES string of the molecule is C1=C(c2ccccc2)C(c2ccccc2)c2ccccc21.CC(C)=O. The molecule has 124 valence electrons. The normalized spacial score (nSPS) is 14.8. The molecule has 3 aromatic carbocycles. The average Bonchev–Trinajstić information content (AvgIpc) is 3.02. The summed E-state index contributed by atoms with van der Waals surface area (Å²) >= 11 is 0. The third kappa shape index (κ3) is 3.95. The molecule has 0 spiro atoms. The number of Topliss-reactive ketones (excluding diaryl/α,β-unsaturated/α-hetero) is 1. The van der Waals surface area contributed by atoms with Crippen molar-refractivity contribution in [2.75, 3.05) is 0 Å². The molecule has 1 atom stereocenters. The zero-order valence-corrected chi connectivity index (χ0v) is 14.6. The lowest BCUT2D eigenvalue weighted by atomic mass is 9.85. The molecule has 0 saturated carbocycles. The molecule has 0 fully saturated rings. The van der Waals surface area contributed by atoms with Crippen LogP contribution in [-0.2, 0) is 4.79 Å². The van der Waals surface area contributed by atoms with Crippen LogP contribution in [0.15, 0.2) is 84.9 Å². The van der Waals surface area contributed by atoms with E-state index in [2.05, 4.69) is 91.0 Å². The van der Waals surface area contributed by atoms with Gasteiger partial charge in [0, 0.05) is 5.92 Å². The lowest BCUT2D eigenvalue weighted by molar-refractivity contribution is -0.114. The number of benzene rings is 3. The Morgan fingerprint density at radius 1 is 0.720 bits per heavy atom. The maximum absolute atomic E-state index is 9.44. The van der Waals surface area contributed by atoms with Crippen LogP contribution >= 0.6 is 0 Å². The molecule has 1 heteroatoms. The van der Waals surface area contributed by atoms with Crippen LogP contribution in [0.3, 0.4) is 0 Å². The quantitative estimate of drug-likeness (QED) is 0.567. The predicted molar refractivity (Wildman–Crippen MR) is 105 cm³/mol. The highest BCUT2D eigenvalue weighted by atomic mass is 16.1.